The van der Waals surface area contributed by atoms with Gasteiger partial charge >= 0.3 is 0 Å². The Bertz CT molecular complexity index is 391. The molecule has 0 aromatic rings. The standard InChI is InChI=1S/C18H38N4O.HI/c1-17(2,3)15-14(10-9-11-23-15)12-20-16(19-6)21-13-18(4,5)22(7)8;/h14-15H,9-13H2,1-8H3,(H2,19,20,21);1H. The summed E-state index contributed by atoms with van der Waals surface area (Å²) in [5.41, 5.74) is 0.260. The normalized spacial score (nSPS) is 23.0. The van der Waals surface area contributed by atoms with Gasteiger partial charge in [0.25, 0.3) is 0 Å². The van der Waals surface area contributed by atoms with Gasteiger partial charge in [-0.25, -0.2) is 0 Å². The molecule has 0 saturated carbocycles. The first-order valence-corrected chi connectivity index (χ1v) is 8.81. The molecule has 0 aliphatic carbocycles. The number of likely N-dealkylation sites (N-methyl/N-ethyl adjacent to an activating group) is 1. The SMILES string of the molecule is CN=C(NCC1CCCOC1C(C)(C)C)NCC(C)(C)N(C)C.I. The Morgan fingerprint density at radius 1 is 1.17 bits per heavy atom. The lowest BCUT2D eigenvalue weighted by atomic mass is 9.78. The van der Waals surface area contributed by atoms with Crippen molar-refractivity contribution in [1.82, 2.24) is 15.5 Å². The molecule has 1 saturated heterocycles. The number of hydrogen-bond acceptors (Lipinski definition) is 3. The van der Waals surface area contributed by atoms with Crippen LogP contribution in [0, 0.1) is 11.3 Å². The van der Waals surface area contributed by atoms with Gasteiger partial charge in [0.1, 0.15) is 0 Å². The molecule has 1 fully saturated rings. The van der Waals surface area contributed by atoms with Gasteiger partial charge in [-0.15, -0.1) is 24.0 Å². The van der Waals surface area contributed by atoms with E-state index in [0.29, 0.717) is 12.0 Å². The van der Waals surface area contributed by atoms with Crippen molar-refractivity contribution < 1.29 is 4.74 Å². The molecular weight excluding hydrogens is 415 g/mol. The van der Waals surface area contributed by atoms with Crippen molar-refractivity contribution >= 4 is 29.9 Å². The molecule has 0 spiro atoms. The molecule has 24 heavy (non-hydrogen) atoms. The van der Waals surface area contributed by atoms with E-state index < -0.39 is 0 Å². The largest absolute Gasteiger partial charge is 0.377 e. The third-order valence-electron chi connectivity index (χ3n) is 4.95. The highest BCUT2D eigenvalue weighted by atomic mass is 127. The Balaban J connectivity index is 0.00000529. The summed E-state index contributed by atoms with van der Waals surface area (Å²) in [6.07, 6.45) is 2.67. The van der Waals surface area contributed by atoms with Gasteiger partial charge < -0.3 is 20.3 Å². The fourth-order valence-corrected chi connectivity index (χ4v) is 2.92. The molecule has 0 radical (unpaired) electrons. The minimum Gasteiger partial charge on any atom is -0.377 e. The zero-order valence-corrected chi connectivity index (χ0v) is 19.2. The quantitative estimate of drug-likeness (QED) is 0.381. The molecule has 1 heterocycles. The Labute approximate surface area is 166 Å². The highest BCUT2D eigenvalue weighted by molar-refractivity contribution is 14.0. The lowest BCUT2D eigenvalue weighted by Gasteiger charge is -2.40. The molecule has 2 N–H and O–H groups in total. The minimum absolute atomic E-state index is 0. The number of hydrogen-bond donors (Lipinski definition) is 2. The fourth-order valence-electron chi connectivity index (χ4n) is 2.92. The summed E-state index contributed by atoms with van der Waals surface area (Å²) >= 11 is 0. The average Bonchev–Trinajstić information content (AvgIpc) is 2.46. The average molecular weight is 454 g/mol. The topological polar surface area (TPSA) is 48.9 Å². The van der Waals surface area contributed by atoms with Crippen molar-refractivity contribution in [3.63, 3.8) is 0 Å². The van der Waals surface area contributed by atoms with Crippen LogP contribution in [0.2, 0.25) is 0 Å². The molecule has 1 aliphatic heterocycles. The van der Waals surface area contributed by atoms with Gasteiger partial charge in [-0.3, -0.25) is 4.99 Å². The zero-order chi connectivity index (χ0) is 17.7. The van der Waals surface area contributed by atoms with Crippen molar-refractivity contribution in [3.05, 3.63) is 0 Å². The van der Waals surface area contributed by atoms with Crippen LogP contribution in [0.4, 0.5) is 0 Å². The molecule has 0 aromatic heterocycles. The van der Waals surface area contributed by atoms with Gasteiger partial charge in [-0.05, 0) is 46.2 Å². The van der Waals surface area contributed by atoms with Crippen LogP contribution in [-0.4, -0.2) is 63.3 Å². The highest BCUT2D eigenvalue weighted by Gasteiger charge is 2.35. The first-order chi connectivity index (χ1) is 10.6. The zero-order valence-electron chi connectivity index (χ0n) is 16.9. The van der Waals surface area contributed by atoms with Gasteiger partial charge in [0, 0.05) is 38.2 Å². The van der Waals surface area contributed by atoms with E-state index in [-0.39, 0.29) is 34.9 Å². The van der Waals surface area contributed by atoms with Crippen LogP contribution in [0.15, 0.2) is 4.99 Å². The van der Waals surface area contributed by atoms with Crippen molar-refractivity contribution in [2.75, 3.05) is 40.8 Å². The Morgan fingerprint density at radius 2 is 1.79 bits per heavy atom. The maximum Gasteiger partial charge on any atom is 0.191 e. The van der Waals surface area contributed by atoms with Crippen LogP contribution in [-0.2, 0) is 4.74 Å². The highest BCUT2D eigenvalue weighted by Crippen LogP contribution is 2.33. The van der Waals surface area contributed by atoms with Crippen LogP contribution < -0.4 is 10.6 Å². The molecule has 1 aliphatic rings. The van der Waals surface area contributed by atoms with Crippen molar-refractivity contribution in [1.29, 1.82) is 0 Å². The number of guanidine groups is 1. The summed E-state index contributed by atoms with van der Waals surface area (Å²) in [5, 5.41) is 6.93. The maximum atomic E-state index is 6.06. The number of rotatable bonds is 5. The van der Waals surface area contributed by atoms with E-state index in [1.807, 2.05) is 7.05 Å². The molecule has 0 aromatic carbocycles. The van der Waals surface area contributed by atoms with Gasteiger partial charge in [0.15, 0.2) is 5.96 Å². The Morgan fingerprint density at radius 3 is 2.29 bits per heavy atom. The van der Waals surface area contributed by atoms with E-state index in [0.717, 1.165) is 32.1 Å². The van der Waals surface area contributed by atoms with Crippen molar-refractivity contribution in [2.45, 2.75) is 59.1 Å². The molecule has 5 nitrogen and oxygen atoms in total. The lowest BCUT2D eigenvalue weighted by Crippen LogP contribution is -2.52. The number of aliphatic imine (C=N–C) groups is 1. The Hall–Kier alpha value is -0.0800. The molecule has 0 amide bonds. The van der Waals surface area contributed by atoms with E-state index in [4.69, 9.17) is 4.74 Å². The van der Waals surface area contributed by atoms with E-state index in [1.54, 1.807) is 0 Å². The monoisotopic (exact) mass is 454 g/mol. The predicted molar refractivity (Wildman–Crippen MR) is 114 cm³/mol. The van der Waals surface area contributed by atoms with Crippen LogP contribution in [0.3, 0.4) is 0 Å². The number of halogens is 1. The van der Waals surface area contributed by atoms with Crippen LogP contribution in [0.5, 0.6) is 0 Å². The smallest absolute Gasteiger partial charge is 0.191 e. The second-order valence-corrected chi connectivity index (χ2v) is 8.57. The summed E-state index contributed by atoms with van der Waals surface area (Å²) in [6, 6.07) is 0. The summed E-state index contributed by atoms with van der Waals surface area (Å²) in [6.45, 7) is 13.9. The summed E-state index contributed by atoms with van der Waals surface area (Å²) in [4.78, 5) is 6.58. The summed E-state index contributed by atoms with van der Waals surface area (Å²) in [7, 11) is 6.03. The van der Waals surface area contributed by atoms with Crippen LogP contribution >= 0.6 is 24.0 Å². The van der Waals surface area contributed by atoms with Gasteiger partial charge in [0.2, 0.25) is 0 Å². The third kappa shape index (κ3) is 7.44. The fraction of sp³-hybridized carbons (Fsp3) is 0.944. The molecule has 2 atom stereocenters. The Kier molecular flexibility index (Phi) is 10.1. The van der Waals surface area contributed by atoms with Crippen molar-refractivity contribution in [2.24, 2.45) is 16.3 Å². The first-order valence-electron chi connectivity index (χ1n) is 8.81. The molecule has 2 unspecified atom stereocenters. The van der Waals surface area contributed by atoms with Crippen molar-refractivity contribution in [3.8, 4) is 0 Å². The summed E-state index contributed by atoms with van der Waals surface area (Å²) in [5.74, 6) is 1.40. The summed E-state index contributed by atoms with van der Waals surface area (Å²) < 4.78 is 6.06. The minimum atomic E-state index is 0. The van der Waals surface area contributed by atoms with E-state index >= 15 is 0 Å². The van der Waals surface area contributed by atoms with E-state index in [2.05, 4.69) is 69.2 Å². The lowest BCUT2D eigenvalue weighted by molar-refractivity contribution is -0.0835. The third-order valence-corrected chi connectivity index (χ3v) is 4.95. The molecule has 6 heteroatoms. The maximum absolute atomic E-state index is 6.06. The molecular formula is C18H39IN4O. The molecule has 1 rings (SSSR count). The number of nitrogens with zero attached hydrogens (tertiary/aromatic N) is 2. The van der Waals surface area contributed by atoms with Gasteiger partial charge in [-0.1, -0.05) is 20.8 Å². The number of nitrogens with one attached hydrogen (secondary N) is 2. The van der Waals surface area contributed by atoms with Crippen LogP contribution in [0.1, 0.15) is 47.5 Å². The second-order valence-electron chi connectivity index (χ2n) is 8.57. The first kappa shape index (κ1) is 23.9. The number of ether oxygens (including phenoxy) is 1. The van der Waals surface area contributed by atoms with Gasteiger partial charge in [0.05, 0.1) is 6.10 Å². The molecule has 0 bridgehead atoms. The second kappa shape index (κ2) is 10.2. The van der Waals surface area contributed by atoms with Gasteiger partial charge in [-0.2, -0.15) is 0 Å². The van der Waals surface area contributed by atoms with Crippen LogP contribution in [0.25, 0.3) is 0 Å². The van der Waals surface area contributed by atoms with E-state index in [9.17, 15) is 0 Å². The molecule has 144 valence electrons. The predicted octanol–water partition coefficient (Wildman–Crippen LogP) is 2.95. The van der Waals surface area contributed by atoms with E-state index in [1.165, 1.54) is 6.42 Å².